The highest BCUT2D eigenvalue weighted by Crippen LogP contribution is 2.27. The van der Waals surface area contributed by atoms with Crippen molar-refractivity contribution in [3.05, 3.63) is 48.2 Å². The summed E-state index contributed by atoms with van der Waals surface area (Å²) in [4.78, 5) is 4.30. The Balaban J connectivity index is 2.10. The second kappa shape index (κ2) is 4.78. The van der Waals surface area contributed by atoms with Crippen LogP contribution in [0.2, 0.25) is 0 Å². The monoisotopic (exact) mass is 268 g/mol. The topological polar surface area (TPSA) is 50.7 Å². The van der Waals surface area contributed by atoms with Crippen LogP contribution in [0.1, 0.15) is 5.01 Å². The number of aromatic nitrogens is 3. The molecule has 0 radical (unpaired) electrons. The molecule has 4 nitrogen and oxygen atoms in total. The molecule has 5 heteroatoms. The van der Waals surface area contributed by atoms with Crippen molar-refractivity contribution in [1.82, 2.24) is 15.2 Å². The summed E-state index contributed by atoms with van der Waals surface area (Å²) in [5.74, 6) is 0.785. The van der Waals surface area contributed by atoms with Crippen molar-refractivity contribution in [2.24, 2.45) is 0 Å². The molecular formula is C14H12N4S. The molecule has 0 amide bonds. The van der Waals surface area contributed by atoms with Gasteiger partial charge in [-0.1, -0.05) is 30.0 Å². The summed E-state index contributed by atoms with van der Waals surface area (Å²) < 4.78 is 0. The lowest BCUT2D eigenvalue weighted by Gasteiger charge is -2.03. The average Bonchev–Trinajstić information content (AvgIpc) is 2.85. The van der Waals surface area contributed by atoms with Crippen molar-refractivity contribution in [2.45, 2.75) is 6.92 Å². The molecule has 2 heterocycles. The number of rotatable bonds is 3. The van der Waals surface area contributed by atoms with E-state index in [0.717, 1.165) is 32.2 Å². The SMILES string of the molecule is C=CNc1cc2cc(-c3nnc(C)s3)ccc2cn1. The van der Waals surface area contributed by atoms with Crippen molar-refractivity contribution >= 4 is 27.9 Å². The summed E-state index contributed by atoms with van der Waals surface area (Å²) in [7, 11) is 0. The number of anilines is 1. The number of benzene rings is 1. The van der Waals surface area contributed by atoms with Gasteiger partial charge in [0.1, 0.15) is 15.8 Å². The molecule has 3 aromatic rings. The van der Waals surface area contributed by atoms with Crippen LogP contribution in [0.4, 0.5) is 5.82 Å². The lowest BCUT2D eigenvalue weighted by Crippen LogP contribution is -1.90. The molecule has 0 bridgehead atoms. The van der Waals surface area contributed by atoms with Crippen molar-refractivity contribution < 1.29 is 0 Å². The van der Waals surface area contributed by atoms with Crippen molar-refractivity contribution in [1.29, 1.82) is 0 Å². The van der Waals surface area contributed by atoms with Gasteiger partial charge in [-0.05, 0) is 30.6 Å². The van der Waals surface area contributed by atoms with Crippen LogP contribution in [0.5, 0.6) is 0 Å². The average molecular weight is 268 g/mol. The number of hydrogen-bond acceptors (Lipinski definition) is 5. The minimum absolute atomic E-state index is 0.785. The Kier molecular flexibility index (Phi) is 2.97. The van der Waals surface area contributed by atoms with Crippen LogP contribution in [-0.2, 0) is 0 Å². The van der Waals surface area contributed by atoms with E-state index in [-0.39, 0.29) is 0 Å². The predicted octanol–water partition coefficient (Wildman–Crippen LogP) is 3.62. The van der Waals surface area contributed by atoms with Gasteiger partial charge in [0.05, 0.1) is 0 Å². The molecular weight excluding hydrogens is 256 g/mol. The third-order valence-corrected chi connectivity index (χ3v) is 3.63. The second-order valence-electron chi connectivity index (χ2n) is 4.11. The highest BCUT2D eigenvalue weighted by Gasteiger charge is 2.05. The third-order valence-electron chi connectivity index (χ3n) is 2.74. The van der Waals surface area contributed by atoms with Gasteiger partial charge in [-0.25, -0.2) is 4.98 Å². The van der Waals surface area contributed by atoms with E-state index in [1.807, 2.05) is 31.3 Å². The third kappa shape index (κ3) is 2.32. The molecule has 1 N–H and O–H groups in total. The summed E-state index contributed by atoms with van der Waals surface area (Å²) in [6.07, 6.45) is 3.46. The molecule has 0 fully saturated rings. The Morgan fingerprint density at radius 2 is 2.11 bits per heavy atom. The van der Waals surface area contributed by atoms with Crippen LogP contribution in [0.15, 0.2) is 43.2 Å². The predicted molar refractivity (Wildman–Crippen MR) is 79.2 cm³/mol. The molecule has 94 valence electrons. The Morgan fingerprint density at radius 1 is 1.21 bits per heavy atom. The van der Waals surface area contributed by atoms with Gasteiger partial charge < -0.3 is 5.32 Å². The first-order valence-corrected chi connectivity index (χ1v) is 6.65. The van der Waals surface area contributed by atoms with Crippen LogP contribution < -0.4 is 5.32 Å². The first kappa shape index (κ1) is 11.8. The zero-order valence-corrected chi connectivity index (χ0v) is 11.2. The van der Waals surface area contributed by atoms with Gasteiger partial charge in [-0.3, -0.25) is 0 Å². The molecule has 19 heavy (non-hydrogen) atoms. The largest absolute Gasteiger partial charge is 0.347 e. The molecule has 2 aromatic heterocycles. The summed E-state index contributed by atoms with van der Waals surface area (Å²) in [5, 5.41) is 15.3. The fourth-order valence-corrected chi connectivity index (χ4v) is 2.56. The highest BCUT2D eigenvalue weighted by molar-refractivity contribution is 7.14. The van der Waals surface area contributed by atoms with Gasteiger partial charge in [-0.15, -0.1) is 10.2 Å². The standard InChI is InChI=1S/C14H12N4S/c1-3-15-13-7-12-6-10(4-5-11(12)8-16-13)14-18-17-9(2)19-14/h3-8H,1H2,2H3,(H,15,16). The number of hydrogen-bond donors (Lipinski definition) is 1. The van der Waals surface area contributed by atoms with Gasteiger partial charge in [0.15, 0.2) is 0 Å². The summed E-state index contributed by atoms with van der Waals surface area (Å²) >= 11 is 1.59. The highest BCUT2D eigenvalue weighted by atomic mass is 32.1. The molecule has 0 aliphatic carbocycles. The molecule has 1 aromatic carbocycles. The van der Waals surface area contributed by atoms with E-state index in [2.05, 4.69) is 33.1 Å². The molecule has 0 saturated carbocycles. The van der Waals surface area contributed by atoms with Crippen LogP contribution in [0, 0.1) is 6.92 Å². The van der Waals surface area contributed by atoms with Crippen molar-refractivity contribution in [3.8, 4) is 10.6 Å². The number of aryl methyl sites for hydroxylation is 1. The summed E-state index contributed by atoms with van der Waals surface area (Å²) in [5.41, 5.74) is 1.08. The smallest absolute Gasteiger partial charge is 0.147 e. The maximum absolute atomic E-state index is 4.30. The summed E-state index contributed by atoms with van der Waals surface area (Å²) in [6.45, 7) is 5.59. The molecule has 3 rings (SSSR count). The van der Waals surface area contributed by atoms with Crippen molar-refractivity contribution in [2.75, 3.05) is 5.32 Å². The number of nitrogens with zero attached hydrogens (tertiary/aromatic N) is 3. The van der Waals surface area contributed by atoms with Gasteiger partial charge in [0.2, 0.25) is 0 Å². The van der Waals surface area contributed by atoms with E-state index in [1.54, 1.807) is 17.5 Å². The van der Waals surface area contributed by atoms with E-state index in [0.29, 0.717) is 0 Å². The molecule has 0 spiro atoms. The Morgan fingerprint density at radius 3 is 2.84 bits per heavy atom. The zero-order chi connectivity index (χ0) is 13.2. The summed E-state index contributed by atoms with van der Waals surface area (Å²) in [6, 6.07) is 8.19. The Hall–Kier alpha value is -2.27. The van der Waals surface area contributed by atoms with E-state index in [1.165, 1.54) is 0 Å². The van der Waals surface area contributed by atoms with E-state index >= 15 is 0 Å². The van der Waals surface area contributed by atoms with Gasteiger partial charge in [-0.2, -0.15) is 0 Å². The van der Waals surface area contributed by atoms with E-state index < -0.39 is 0 Å². The van der Waals surface area contributed by atoms with Crippen molar-refractivity contribution in [3.63, 3.8) is 0 Å². The maximum Gasteiger partial charge on any atom is 0.147 e. The lowest BCUT2D eigenvalue weighted by molar-refractivity contribution is 1.05. The first-order chi connectivity index (χ1) is 9.26. The van der Waals surface area contributed by atoms with Crippen LogP contribution in [0.3, 0.4) is 0 Å². The second-order valence-corrected chi connectivity index (χ2v) is 5.29. The quantitative estimate of drug-likeness (QED) is 0.788. The van der Waals surface area contributed by atoms with Crippen LogP contribution in [-0.4, -0.2) is 15.2 Å². The van der Waals surface area contributed by atoms with Crippen LogP contribution >= 0.6 is 11.3 Å². The Bertz CT molecular complexity index is 748. The van der Waals surface area contributed by atoms with E-state index in [9.17, 15) is 0 Å². The van der Waals surface area contributed by atoms with E-state index in [4.69, 9.17) is 0 Å². The minimum Gasteiger partial charge on any atom is -0.347 e. The maximum atomic E-state index is 4.30. The van der Waals surface area contributed by atoms with Gasteiger partial charge >= 0.3 is 0 Å². The van der Waals surface area contributed by atoms with Gasteiger partial charge in [0, 0.05) is 17.1 Å². The van der Waals surface area contributed by atoms with Crippen LogP contribution in [0.25, 0.3) is 21.3 Å². The molecule has 0 aliphatic heterocycles. The van der Waals surface area contributed by atoms with Gasteiger partial charge in [0.25, 0.3) is 0 Å². The fourth-order valence-electron chi connectivity index (χ4n) is 1.87. The molecule has 0 unspecified atom stereocenters. The number of pyridine rings is 1. The molecule has 0 atom stereocenters. The number of nitrogens with one attached hydrogen (secondary N) is 1. The first-order valence-electron chi connectivity index (χ1n) is 5.84. The Labute approximate surface area is 114 Å². The molecule has 0 aliphatic rings. The lowest BCUT2D eigenvalue weighted by atomic mass is 10.1. The molecule has 0 saturated heterocycles. The fraction of sp³-hybridized carbons (Fsp3) is 0.0714. The number of fused-ring (bicyclic) bond motifs is 1. The normalized spacial score (nSPS) is 10.6. The minimum atomic E-state index is 0.785. The zero-order valence-electron chi connectivity index (χ0n) is 10.4.